The second-order valence-electron chi connectivity index (χ2n) is 9.92. The number of likely N-dealkylation sites (tertiary alicyclic amines) is 1. The molecule has 1 aliphatic heterocycles. The van der Waals surface area contributed by atoms with Crippen molar-refractivity contribution in [2.75, 3.05) is 26.7 Å². The number of aromatic nitrogens is 1. The van der Waals surface area contributed by atoms with Crippen LogP contribution in [0.1, 0.15) is 67.8 Å². The Balaban J connectivity index is 1.81. The van der Waals surface area contributed by atoms with E-state index in [1.165, 1.54) is 24.2 Å². The topological polar surface area (TPSA) is 28.5 Å². The average Bonchev–Trinajstić information content (AvgIpc) is 3.30. The zero-order valence-corrected chi connectivity index (χ0v) is 20.0. The van der Waals surface area contributed by atoms with Gasteiger partial charge in [-0.05, 0) is 63.0 Å². The molecule has 0 saturated carbocycles. The lowest BCUT2D eigenvalue weighted by Gasteiger charge is -2.27. The van der Waals surface area contributed by atoms with E-state index in [2.05, 4.69) is 50.2 Å². The number of rotatable bonds is 7. The normalized spacial score (nSPS) is 17.3. The SMILES string of the molecule is CCN1CCC[C@H]1CN(C)C(=O)c1cc(C(C)(C)C)n(CCc2ccc(F)cc2)c1C. The monoisotopic (exact) mass is 427 g/mol. The fourth-order valence-corrected chi connectivity index (χ4v) is 4.79. The first kappa shape index (κ1) is 23.5. The summed E-state index contributed by atoms with van der Waals surface area (Å²) in [5, 5.41) is 0. The fourth-order valence-electron chi connectivity index (χ4n) is 4.79. The Bertz CT molecular complexity index is 895. The lowest BCUT2D eigenvalue weighted by atomic mass is 9.91. The zero-order chi connectivity index (χ0) is 22.8. The van der Waals surface area contributed by atoms with Crippen molar-refractivity contribution in [3.63, 3.8) is 0 Å². The largest absolute Gasteiger partial charge is 0.347 e. The molecular weight excluding hydrogens is 389 g/mol. The van der Waals surface area contributed by atoms with Gasteiger partial charge in [0.05, 0.1) is 5.56 Å². The first-order chi connectivity index (χ1) is 14.6. The highest BCUT2D eigenvalue weighted by Gasteiger charge is 2.29. The molecule has 3 rings (SSSR count). The van der Waals surface area contributed by atoms with E-state index in [0.717, 1.165) is 55.8 Å². The number of benzene rings is 1. The molecule has 170 valence electrons. The predicted octanol–water partition coefficient (Wildman–Crippen LogP) is 5.03. The van der Waals surface area contributed by atoms with Crippen molar-refractivity contribution in [2.45, 2.75) is 71.9 Å². The molecular formula is C26H38FN3O. The molecule has 1 aromatic carbocycles. The predicted molar refractivity (Wildman–Crippen MR) is 125 cm³/mol. The van der Waals surface area contributed by atoms with Gasteiger partial charge in [-0.25, -0.2) is 4.39 Å². The van der Waals surface area contributed by atoms with Crippen LogP contribution < -0.4 is 0 Å². The molecule has 5 heteroatoms. The minimum atomic E-state index is -0.212. The van der Waals surface area contributed by atoms with Crippen LogP contribution in [-0.2, 0) is 18.4 Å². The first-order valence-electron chi connectivity index (χ1n) is 11.6. The highest BCUT2D eigenvalue weighted by molar-refractivity contribution is 5.95. The van der Waals surface area contributed by atoms with Gasteiger partial charge in [0.1, 0.15) is 5.82 Å². The lowest BCUT2D eigenvalue weighted by molar-refractivity contribution is 0.0754. The highest BCUT2D eigenvalue weighted by atomic mass is 19.1. The molecule has 0 unspecified atom stereocenters. The van der Waals surface area contributed by atoms with Crippen molar-refractivity contribution in [1.82, 2.24) is 14.4 Å². The number of amides is 1. The summed E-state index contributed by atoms with van der Waals surface area (Å²) in [6.45, 7) is 14.5. The summed E-state index contributed by atoms with van der Waals surface area (Å²) < 4.78 is 15.5. The zero-order valence-electron chi connectivity index (χ0n) is 20.0. The van der Waals surface area contributed by atoms with Gasteiger partial charge in [0, 0.05) is 43.0 Å². The van der Waals surface area contributed by atoms with Crippen LogP contribution in [0.3, 0.4) is 0 Å². The smallest absolute Gasteiger partial charge is 0.255 e. The molecule has 0 radical (unpaired) electrons. The molecule has 0 spiro atoms. The Hall–Kier alpha value is -2.14. The third-order valence-corrected chi connectivity index (χ3v) is 6.64. The Kier molecular flexibility index (Phi) is 7.25. The van der Waals surface area contributed by atoms with Gasteiger partial charge >= 0.3 is 0 Å². The summed E-state index contributed by atoms with van der Waals surface area (Å²) in [6.07, 6.45) is 3.18. The van der Waals surface area contributed by atoms with Crippen LogP contribution >= 0.6 is 0 Å². The summed E-state index contributed by atoms with van der Waals surface area (Å²) in [7, 11) is 1.93. The maximum Gasteiger partial charge on any atom is 0.255 e. The van der Waals surface area contributed by atoms with Crippen molar-refractivity contribution in [1.29, 1.82) is 0 Å². The summed E-state index contributed by atoms with van der Waals surface area (Å²) >= 11 is 0. The highest BCUT2D eigenvalue weighted by Crippen LogP contribution is 2.29. The van der Waals surface area contributed by atoms with Crippen molar-refractivity contribution in [3.05, 3.63) is 58.7 Å². The number of hydrogen-bond acceptors (Lipinski definition) is 2. The number of carbonyl (C=O) groups is 1. The van der Waals surface area contributed by atoms with Gasteiger partial charge in [-0.1, -0.05) is 39.8 Å². The minimum absolute atomic E-state index is 0.0743. The molecule has 2 aromatic rings. The molecule has 1 aliphatic rings. The Morgan fingerprint density at radius 1 is 1.23 bits per heavy atom. The van der Waals surface area contributed by atoms with Gasteiger partial charge in [0.15, 0.2) is 0 Å². The van der Waals surface area contributed by atoms with Crippen LogP contribution in [0.25, 0.3) is 0 Å². The van der Waals surface area contributed by atoms with Crippen molar-refractivity contribution >= 4 is 5.91 Å². The molecule has 1 amide bonds. The van der Waals surface area contributed by atoms with E-state index >= 15 is 0 Å². The number of likely N-dealkylation sites (N-methyl/N-ethyl adjacent to an activating group) is 2. The number of halogens is 1. The van der Waals surface area contributed by atoms with Crippen molar-refractivity contribution in [3.8, 4) is 0 Å². The molecule has 1 saturated heterocycles. The molecule has 1 fully saturated rings. The standard InChI is InChI=1S/C26H38FN3O/c1-7-29-15-8-9-22(29)18-28(6)25(31)23-17-24(26(3,4)5)30(19(23)2)16-14-20-10-12-21(27)13-11-20/h10-13,17,22H,7-9,14-16,18H2,1-6H3/t22-/m0/s1. The van der Waals surface area contributed by atoms with E-state index in [1.54, 1.807) is 0 Å². The lowest BCUT2D eigenvalue weighted by Crippen LogP contribution is -2.41. The van der Waals surface area contributed by atoms with Crippen molar-refractivity contribution < 1.29 is 9.18 Å². The molecule has 2 heterocycles. The van der Waals surface area contributed by atoms with E-state index in [0.29, 0.717) is 6.04 Å². The number of hydrogen-bond donors (Lipinski definition) is 0. The van der Waals surface area contributed by atoms with Gasteiger partial charge in [0.25, 0.3) is 5.91 Å². The molecule has 1 aromatic heterocycles. The van der Waals surface area contributed by atoms with Crippen LogP contribution in [0, 0.1) is 12.7 Å². The van der Waals surface area contributed by atoms with Crippen LogP contribution in [0.4, 0.5) is 4.39 Å². The summed E-state index contributed by atoms with van der Waals surface area (Å²) in [6, 6.07) is 9.24. The third-order valence-electron chi connectivity index (χ3n) is 6.64. The van der Waals surface area contributed by atoms with E-state index in [1.807, 2.05) is 24.1 Å². The van der Waals surface area contributed by atoms with E-state index in [9.17, 15) is 9.18 Å². The number of nitrogens with zero attached hydrogens (tertiary/aromatic N) is 3. The van der Waals surface area contributed by atoms with E-state index < -0.39 is 0 Å². The van der Waals surface area contributed by atoms with Crippen LogP contribution in [-0.4, -0.2) is 53.0 Å². The molecule has 4 nitrogen and oxygen atoms in total. The molecule has 0 N–H and O–H groups in total. The first-order valence-corrected chi connectivity index (χ1v) is 11.6. The van der Waals surface area contributed by atoms with Crippen molar-refractivity contribution in [2.24, 2.45) is 0 Å². The van der Waals surface area contributed by atoms with Gasteiger partial charge in [-0.2, -0.15) is 0 Å². The van der Waals surface area contributed by atoms with Gasteiger partial charge < -0.3 is 9.47 Å². The third kappa shape index (κ3) is 5.38. The van der Waals surface area contributed by atoms with Gasteiger partial charge in [0.2, 0.25) is 0 Å². The number of aryl methyl sites for hydroxylation is 1. The quantitative estimate of drug-likeness (QED) is 0.620. The maximum absolute atomic E-state index is 13.4. The molecule has 31 heavy (non-hydrogen) atoms. The Morgan fingerprint density at radius 2 is 1.90 bits per heavy atom. The minimum Gasteiger partial charge on any atom is -0.347 e. The van der Waals surface area contributed by atoms with Crippen LogP contribution in [0.2, 0.25) is 0 Å². The van der Waals surface area contributed by atoms with Gasteiger partial charge in [-0.3, -0.25) is 9.69 Å². The summed E-state index contributed by atoms with van der Waals surface area (Å²) in [5.74, 6) is -0.109. The van der Waals surface area contributed by atoms with E-state index in [4.69, 9.17) is 0 Å². The summed E-state index contributed by atoms with van der Waals surface area (Å²) in [4.78, 5) is 17.8. The Morgan fingerprint density at radius 3 is 2.52 bits per heavy atom. The number of carbonyl (C=O) groups excluding carboxylic acids is 1. The van der Waals surface area contributed by atoms with E-state index in [-0.39, 0.29) is 17.1 Å². The van der Waals surface area contributed by atoms with Gasteiger partial charge in [-0.15, -0.1) is 0 Å². The molecule has 0 aliphatic carbocycles. The molecule has 0 bridgehead atoms. The fraction of sp³-hybridized carbons (Fsp3) is 0.577. The molecule has 1 atom stereocenters. The van der Waals surface area contributed by atoms with Crippen LogP contribution in [0.5, 0.6) is 0 Å². The second kappa shape index (κ2) is 9.56. The average molecular weight is 428 g/mol. The summed E-state index contributed by atoms with van der Waals surface area (Å²) in [5.41, 5.74) is 4.00. The van der Waals surface area contributed by atoms with Crippen LogP contribution in [0.15, 0.2) is 30.3 Å². The maximum atomic E-state index is 13.4. The second-order valence-corrected chi connectivity index (χ2v) is 9.92. The Labute approximate surface area is 187 Å².